The third-order valence-electron chi connectivity index (χ3n) is 13.2. The largest absolute Gasteiger partial charge is 0.459 e. The van der Waals surface area contributed by atoms with Crippen molar-refractivity contribution in [3.63, 3.8) is 0 Å². The monoisotopic (exact) mass is 810 g/mol. The average molecular weight is 810 g/mol. The maximum Gasteiger partial charge on any atom is 0.339 e. The molecular weight excluding hydrogens is 739 g/mol. The molecule has 58 heavy (non-hydrogen) atoms. The molecule has 3 fully saturated rings. The molecule has 0 aromatic heterocycles. The molecule has 5 rings (SSSR count). The molecule has 6 atom stereocenters. The summed E-state index contributed by atoms with van der Waals surface area (Å²) in [5, 5.41) is 38.5. The Kier molecular flexibility index (Phi) is 15.1. The molecule has 12 nitrogen and oxygen atoms in total. The molecule has 2 aromatic carbocycles. The van der Waals surface area contributed by atoms with Gasteiger partial charge in [0.25, 0.3) is 0 Å². The first-order chi connectivity index (χ1) is 27.2. The van der Waals surface area contributed by atoms with E-state index < -0.39 is 30.1 Å². The van der Waals surface area contributed by atoms with Crippen molar-refractivity contribution in [2.75, 3.05) is 0 Å². The molecular formula is C46H71N3O9. The minimum atomic E-state index is -0.677. The quantitative estimate of drug-likeness (QED) is 0.139. The molecule has 2 aromatic rings. The number of fused-ring (bicyclic) bond motifs is 1. The molecule has 3 N–H and O–H groups in total. The van der Waals surface area contributed by atoms with Crippen LogP contribution in [-0.4, -0.2) is 103 Å². The van der Waals surface area contributed by atoms with E-state index in [1.807, 2.05) is 55.4 Å². The fourth-order valence-corrected chi connectivity index (χ4v) is 9.46. The molecule has 0 bridgehead atoms. The number of rotatable bonds is 12. The van der Waals surface area contributed by atoms with E-state index in [1.165, 1.54) is 15.2 Å². The molecule has 0 saturated carbocycles. The van der Waals surface area contributed by atoms with E-state index >= 15 is 0 Å². The third kappa shape index (κ3) is 10.2. The second kappa shape index (κ2) is 19.1. The van der Waals surface area contributed by atoms with E-state index in [0.717, 1.165) is 0 Å². The van der Waals surface area contributed by atoms with Crippen molar-refractivity contribution < 1.29 is 44.2 Å². The van der Waals surface area contributed by atoms with Gasteiger partial charge in [0.1, 0.15) is 18.3 Å². The van der Waals surface area contributed by atoms with Crippen LogP contribution in [0.5, 0.6) is 0 Å². The topological polar surface area (TPSA) is 149 Å². The average Bonchev–Trinajstić information content (AvgIpc) is 3.14. The fraction of sp³-hybridized carbons (Fsp3) is 0.717. The van der Waals surface area contributed by atoms with Crippen molar-refractivity contribution in [2.45, 2.75) is 176 Å². The molecule has 324 valence electrons. The smallest absolute Gasteiger partial charge is 0.339 e. The second-order valence-corrected chi connectivity index (χ2v) is 19.5. The molecule has 0 spiro atoms. The van der Waals surface area contributed by atoms with E-state index in [9.17, 15) is 30.0 Å². The Balaban J connectivity index is 1.47. The number of carbonyl (C=O) groups excluding carboxylic acids is 3. The van der Waals surface area contributed by atoms with Gasteiger partial charge in [-0.3, -0.25) is 0 Å². The SMILES string of the molecule is CC(C)C1CC(OC(=O)c2ccc3cc(C(=O)OC4CC(C(C)C)N(O)C(C(C)C)C4)c(C(=O)OC4CC(C(C)C)N(O)C(C(C)C)C4)cc3c2)CC(C(C)C)N1O. The van der Waals surface area contributed by atoms with Gasteiger partial charge in [0.15, 0.2) is 0 Å². The van der Waals surface area contributed by atoms with Gasteiger partial charge >= 0.3 is 17.9 Å². The number of hydrogen-bond donors (Lipinski definition) is 3. The summed E-state index contributed by atoms with van der Waals surface area (Å²) in [7, 11) is 0. The third-order valence-corrected chi connectivity index (χ3v) is 13.2. The van der Waals surface area contributed by atoms with E-state index in [0.29, 0.717) is 54.9 Å². The Morgan fingerprint density at radius 2 is 0.724 bits per heavy atom. The van der Waals surface area contributed by atoms with Crippen LogP contribution in [0.25, 0.3) is 10.8 Å². The van der Waals surface area contributed by atoms with Crippen LogP contribution in [0.3, 0.4) is 0 Å². The lowest BCUT2D eigenvalue weighted by molar-refractivity contribution is -0.213. The first-order valence-electron chi connectivity index (χ1n) is 21.8. The zero-order valence-corrected chi connectivity index (χ0v) is 36.9. The van der Waals surface area contributed by atoms with Gasteiger partial charge in [-0.15, -0.1) is 0 Å². The number of nitrogens with zero attached hydrogens (tertiary/aromatic N) is 3. The number of hydroxylamine groups is 6. The van der Waals surface area contributed by atoms with Gasteiger partial charge in [-0.2, -0.15) is 15.2 Å². The van der Waals surface area contributed by atoms with E-state index in [4.69, 9.17) is 14.2 Å². The second-order valence-electron chi connectivity index (χ2n) is 19.5. The molecule has 6 unspecified atom stereocenters. The van der Waals surface area contributed by atoms with Gasteiger partial charge in [0.2, 0.25) is 0 Å². The van der Waals surface area contributed by atoms with E-state index in [-0.39, 0.29) is 89.0 Å². The minimum Gasteiger partial charge on any atom is -0.459 e. The molecule has 3 aliphatic heterocycles. The van der Waals surface area contributed by atoms with Gasteiger partial charge in [-0.25, -0.2) is 14.4 Å². The summed E-state index contributed by atoms with van der Waals surface area (Å²) in [6.07, 6.45) is 1.41. The van der Waals surface area contributed by atoms with Gasteiger partial charge in [-0.1, -0.05) is 89.2 Å². The maximum atomic E-state index is 14.4. The summed E-state index contributed by atoms with van der Waals surface area (Å²) in [5.41, 5.74) is 0.407. The van der Waals surface area contributed by atoms with Crippen LogP contribution in [-0.2, 0) is 14.2 Å². The summed E-state index contributed by atoms with van der Waals surface area (Å²) < 4.78 is 18.5. The van der Waals surface area contributed by atoms with Crippen LogP contribution < -0.4 is 0 Å². The molecule has 12 heteroatoms. The van der Waals surface area contributed by atoms with Gasteiger partial charge < -0.3 is 29.8 Å². The molecule has 3 aliphatic rings. The summed E-state index contributed by atoms with van der Waals surface area (Å²) in [4.78, 5) is 42.3. The summed E-state index contributed by atoms with van der Waals surface area (Å²) in [6.45, 7) is 24.5. The first kappa shape index (κ1) is 45.9. The summed E-state index contributed by atoms with van der Waals surface area (Å²) >= 11 is 0. The zero-order valence-electron chi connectivity index (χ0n) is 36.9. The number of hydrogen-bond acceptors (Lipinski definition) is 12. The van der Waals surface area contributed by atoms with Crippen molar-refractivity contribution in [1.29, 1.82) is 0 Å². The number of esters is 3. The Bertz CT molecular complexity index is 1690. The molecule has 0 amide bonds. The first-order valence-corrected chi connectivity index (χ1v) is 21.8. The van der Waals surface area contributed by atoms with E-state index in [1.54, 1.807) is 30.3 Å². The van der Waals surface area contributed by atoms with Crippen molar-refractivity contribution in [3.8, 4) is 0 Å². The van der Waals surface area contributed by atoms with Crippen LogP contribution in [0, 0.1) is 35.5 Å². The van der Waals surface area contributed by atoms with Gasteiger partial charge in [-0.05, 0) is 70.5 Å². The summed E-state index contributed by atoms with van der Waals surface area (Å²) in [6, 6.07) is 7.17. The Morgan fingerprint density at radius 1 is 0.448 bits per heavy atom. The van der Waals surface area contributed by atoms with Crippen LogP contribution in [0.2, 0.25) is 0 Å². The lowest BCUT2D eigenvalue weighted by Crippen LogP contribution is -2.54. The fourth-order valence-electron chi connectivity index (χ4n) is 9.46. The lowest BCUT2D eigenvalue weighted by atomic mass is 9.84. The lowest BCUT2D eigenvalue weighted by Gasteiger charge is -2.44. The number of ether oxygens (including phenoxy) is 3. The highest BCUT2D eigenvalue weighted by Gasteiger charge is 2.43. The highest BCUT2D eigenvalue weighted by Crippen LogP contribution is 2.36. The standard InChI is InChI=1S/C46H71N3O9/c1-24(2)38-18-33(19-39(25(3)4)47(38)53)56-44(50)31-14-13-30-16-36(45(51)57-34-20-40(26(5)6)48(54)41(21-34)27(7)8)37(17-32(30)15-31)46(52)58-35-22-42(28(9)10)49(55)43(23-35)29(11)12/h13-17,24-29,33-35,38-43,53-55H,18-23H2,1-12H3. The maximum absolute atomic E-state index is 14.4. The van der Waals surface area contributed by atoms with Crippen LogP contribution in [0.1, 0.15) is 153 Å². The van der Waals surface area contributed by atoms with Gasteiger partial charge in [0.05, 0.1) is 16.7 Å². The normalized spacial score (nSPS) is 29.3. The number of piperidine rings is 3. The summed E-state index contributed by atoms with van der Waals surface area (Å²) in [5.74, 6) is -1.07. The van der Waals surface area contributed by atoms with Crippen molar-refractivity contribution in [3.05, 3.63) is 47.0 Å². The number of benzene rings is 2. The van der Waals surface area contributed by atoms with Crippen LogP contribution in [0.15, 0.2) is 30.3 Å². The number of carbonyl (C=O) groups is 3. The predicted octanol–water partition coefficient (Wildman–Crippen LogP) is 9.02. The molecule has 3 saturated heterocycles. The highest BCUT2D eigenvalue weighted by atomic mass is 16.6. The van der Waals surface area contributed by atoms with Crippen molar-refractivity contribution in [2.24, 2.45) is 35.5 Å². The van der Waals surface area contributed by atoms with E-state index in [2.05, 4.69) is 27.7 Å². The molecule has 0 aliphatic carbocycles. The predicted molar refractivity (Wildman–Crippen MR) is 222 cm³/mol. The van der Waals surface area contributed by atoms with Gasteiger partial charge in [0, 0.05) is 74.8 Å². The highest BCUT2D eigenvalue weighted by molar-refractivity contribution is 6.08. The Hall–Kier alpha value is -3.13. The van der Waals surface area contributed by atoms with Crippen LogP contribution in [0.4, 0.5) is 0 Å². The molecule has 3 heterocycles. The van der Waals surface area contributed by atoms with Crippen molar-refractivity contribution >= 4 is 28.7 Å². The molecule has 0 radical (unpaired) electrons. The minimum absolute atomic E-state index is 0.0342. The Labute approximate surface area is 346 Å². The van der Waals surface area contributed by atoms with Crippen molar-refractivity contribution in [1.82, 2.24) is 15.2 Å². The zero-order chi connectivity index (χ0) is 42.9. The van der Waals surface area contributed by atoms with Crippen LogP contribution >= 0.6 is 0 Å². The Morgan fingerprint density at radius 3 is 1.02 bits per heavy atom.